The summed E-state index contributed by atoms with van der Waals surface area (Å²) in [6.07, 6.45) is 4.50. The van der Waals surface area contributed by atoms with Crippen LogP contribution in [0, 0.1) is 68.0 Å². The number of likely N-dealkylation sites (tertiary alicyclic amines) is 2. The Bertz CT molecular complexity index is 3170. The molecule has 2 saturated heterocycles. The highest BCUT2D eigenvalue weighted by Crippen LogP contribution is 2.66. The van der Waals surface area contributed by atoms with Gasteiger partial charge in [-0.15, -0.1) is 0 Å². The lowest BCUT2D eigenvalue weighted by Crippen LogP contribution is -2.63. The molecule has 0 bridgehead atoms. The molecular formula is C62H104F6N12O14S2. The number of piperidine rings is 2. The van der Waals surface area contributed by atoms with E-state index >= 15 is 0 Å². The molecule has 2 heterocycles. The average Bonchev–Trinajstić information content (AvgIpc) is 1.53. The zero-order valence-electron chi connectivity index (χ0n) is 58.4. The van der Waals surface area contributed by atoms with Crippen LogP contribution in [-0.2, 0) is 53.6 Å². The van der Waals surface area contributed by atoms with E-state index in [1.165, 1.54) is 9.80 Å². The topological polar surface area (TPSA) is 379 Å². The summed E-state index contributed by atoms with van der Waals surface area (Å²) in [6, 6.07) is -10.5. The van der Waals surface area contributed by atoms with Gasteiger partial charge in [0.2, 0.25) is 35.3 Å². The highest BCUT2D eigenvalue weighted by molar-refractivity contribution is 7.90. The molecule has 34 heteroatoms. The zero-order chi connectivity index (χ0) is 73.9. The zero-order valence-corrected chi connectivity index (χ0v) is 60.1. The molecule has 13 atom stereocenters. The van der Waals surface area contributed by atoms with Gasteiger partial charge in [0, 0.05) is 52.4 Å². The third-order valence-corrected chi connectivity index (χ3v) is 23.9. The molecule has 2 aliphatic heterocycles. The number of carbonyl (C=O) groups is 9. The number of carbonyl (C=O) groups excluding carboxylic acids is 9. The molecule has 4 aliphatic carbocycles. The molecule has 96 heavy (non-hydrogen) atoms. The number of nitrogens with two attached hydrogens (primary N) is 2. The summed E-state index contributed by atoms with van der Waals surface area (Å²) in [4.78, 5) is 122. The molecule has 0 radical (unpaired) electrons. The molecule has 3 unspecified atom stereocenters. The minimum absolute atomic E-state index is 0.0193. The third kappa shape index (κ3) is 18.2. The van der Waals surface area contributed by atoms with Gasteiger partial charge in [-0.05, 0) is 80.8 Å². The van der Waals surface area contributed by atoms with Gasteiger partial charge in [0.1, 0.15) is 24.2 Å². The van der Waals surface area contributed by atoms with Crippen molar-refractivity contribution in [1.82, 2.24) is 50.3 Å². The number of alkyl halides is 6. The van der Waals surface area contributed by atoms with Gasteiger partial charge < -0.3 is 58.3 Å². The van der Waals surface area contributed by atoms with E-state index in [9.17, 15) is 91.4 Å². The Labute approximate surface area is 560 Å². The van der Waals surface area contributed by atoms with Gasteiger partial charge in [-0.2, -0.15) is 35.0 Å². The molecule has 26 nitrogen and oxygen atoms in total. The van der Waals surface area contributed by atoms with Crippen LogP contribution in [0.3, 0.4) is 0 Å². The van der Waals surface area contributed by atoms with Crippen LogP contribution < -0.4 is 43.4 Å². The van der Waals surface area contributed by atoms with E-state index in [4.69, 9.17) is 11.5 Å². The van der Waals surface area contributed by atoms with E-state index < -0.39 is 174 Å². The Hall–Kier alpha value is -5.61. The van der Waals surface area contributed by atoms with Gasteiger partial charge in [0.25, 0.3) is 5.91 Å². The van der Waals surface area contributed by atoms with Crippen LogP contribution >= 0.6 is 0 Å². The molecule has 4 saturated carbocycles. The van der Waals surface area contributed by atoms with Crippen molar-refractivity contribution < 1.29 is 91.4 Å². The van der Waals surface area contributed by atoms with Crippen LogP contribution in [0.15, 0.2) is 0 Å². The number of aliphatic hydroxyl groups excluding tert-OH is 1. The van der Waals surface area contributed by atoms with E-state index in [1.54, 1.807) is 83.1 Å². The number of halogens is 6. The van der Waals surface area contributed by atoms with Gasteiger partial charge in [-0.3, -0.25) is 33.6 Å². The van der Waals surface area contributed by atoms with Gasteiger partial charge >= 0.3 is 43.1 Å². The fraction of sp³-hybridized carbons (Fsp3) is 0.855. The number of rotatable bonds is 24. The SMILES string of the molecule is CN(C[C@@H](NC(=O)N[C@H](C(=O)N1C[C@H]2[C@@H]([C@H]1C(=O)NC(CC1CCC1)C(=O)C(N)=O)C2(C)C)C(C)(C)C)C(C)(C)C)S(=O)(=O)C(F)(F)F.CN(C[C@@H](NC(=O)N[C@H](C(=O)N1C[C@H]2[C@@H]([C@H]1C(=O)NC(CC1CCC1)C(O)C(N)=O)C2(C)C)C(C)(C)C)C(C)(C)C)S(=O)(=O)C(F)(F)F. The Morgan fingerprint density at radius 1 is 0.531 bits per heavy atom. The maximum Gasteiger partial charge on any atom is 0.511 e. The lowest BCUT2D eigenvalue weighted by Gasteiger charge is -2.39. The van der Waals surface area contributed by atoms with Crippen LogP contribution in [-0.4, -0.2) is 199 Å². The van der Waals surface area contributed by atoms with E-state index in [-0.39, 0.29) is 74.5 Å². The minimum atomic E-state index is -5.67. The first kappa shape index (κ1) is 81.1. The standard InChI is InChI=1S/C31H53F3N6O7S.C31H51F3N6O7S/c2*1-28(2,3)19(15-39(9)48(46,47)31(32,33)34)37-27(45)38-23(29(4,5)6)26(44)40-14-17-20(30(17,7)8)21(40)25(43)36-18(22(41)24(35)42)13-16-11-10-12-16/h16-23,41H,10-15H2,1-9H3,(H2,35,42)(H,36,43)(H2,37,38,45);16-21,23H,10-15H2,1-9H3,(H2,35,42)(H,36,43)(H2,37,38,45)/t17-,18?,19+,20-,21-,22?,23+;17-,18?,19+,20-,21-,23+/m00/s1. The highest BCUT2D eigenvalue weighted by atomic mass is 32.2. The average molecular weight is 1420 g/mol. The Morgan fingerprint density at radius 3 is 1.15 bits per heavy atom. The number of urea groups is 2. The number of fused-ring (bicyclic) bond motifs is 2. The quantitative estimate of drug-likeness (QED) is 0.0487. The van der Waals surface area contributed by atoms with Crippen LogP contribution in [0.1, 0.15) is 162 Å². The maximum atomic E-state index is 14.3. The molecule has 0 aromatic carbocycles. The molecule has 6 rings (SSSR count). The van der Waals surface area contributed by atoms with Crippen molar-refractivity contribution in [2.45, 2.75) is 228 Å². The summed E-state index contributed by atoms with van der Waals surface area (Å²) in [7, 11) is -9.80. The van der Waals surface area contributed by atoms with Crippen molar-refractivity contribution in [3.8, 4) is 0 Å². The number of Topliss-reactive ketones (excluding diaryl/α,β-unsaturated/α-hetero) is 1. The van der Waals surface area contributed by atoms with Crippen molar-refractivity contribution >= 4 is 73.3 Å². The molecule has 0 aromatic heterocycles. The second-order valence-electron chi connectivity index (χ2n) is 32.7. The molecular weight excluding hydrogens is 1310 g/mol. The molecule has 10 amide bonds. The number of primary amides is 2. The summed E-state index contributed by atoms with van der Waals surface area (Å²) in [6.45, 7) is 26.8. The number of likely N-dealkylation sites (N-methyl/N-ethyl adjacent to an activating group) is 2. The van der Waals surface area contributed by atoms with Gasteiger partial charge in [-0.25, -0.2) is 26.4 Å². The van der Waals surface area contributed by atoms with Crippen LogP contribution in [0.25, 0.3) is 0 Å². The Kier molecular flexibility index (Phi) is 24.1. The predicted octanol–water partition coefficient (Wildman–Crippen LogP) is 4.01. The van der Waals surface area contributed by atoms with E-state index in [0.717, 1.165) is 52.6 Å². The molecule has 550 valence electrons. The van der Waals surface area contributed by atoms with Crippen molar-refractivity contribution in [2.24, 2.45) is 79.5 Å². The number of hydrogen-bond acceptors (Lipinski definition) is 14. The van der Waals surface area contributed by atoms with E-state index in [1.807, 2.05) is 27.7 Å². The smallest absolute Gasteiger partial charge is 0.381 e. The highest BCUT2D eigenvalue weighted by Gasteiger charge is 2.71. The summed E-state index contributed by atoms with van der Waals surface area (Å²) >= 11 is 0. The number of ketones is 1. The summed E-state index contributed by atoms with van der Waals surface area (Å²) in [5.74, 6) is -5.48. The fourth-order valence-electron chi connectivity index (χ4n) is 13.6. The maximum absolute atomic E-state index is 14.3. The van der Waals surface area contributed by atoms with Crippen molar-refractivity contribution in [1.29, 1.82) is 0 Å². The van der Waals surface area contributed by atoms with Crippen molar-refractivity contribution in [3.05, 3.63) is 0 Å². The third-order valence-electron chi connectivity index (χ3n) is 20.8. The van der Waals surface area contributed by atoms with Crippen molar-refractivity contribution in [2.75, 3.05) is 40.3 Å². The fourth-order valence-corrected chi connectivity index (χ4v) is 15.0. The lowest BCUT2D eigenvalue weighted by atomic mass is 9.79. The number of aliphatic hydroxyl groups is 1. The van der Waals surface area contributed by atoms with Gasteiger partial charge in [-0.1, -0.05) is 149 Å². The first-order valence-electron chi connectivity index (χ1n) is 32.5. The molecule has 6 fully saturated rings. The number of nitrogens with one attached hydrogen (secondary N) is 6. The molecule has 6 aliphatic rings. The monoisotopic (exact) mass is 1420 g/mol. The van der Waals surface area contributed by atoms with Gasteiger partial charge in [0.15, 0.2) is 6.10 Å². The second kappa shape index (κ2) is 28.6. The van der Waals surface area contributed by atoms with Gasteiger partial charge in [0.05, 0.1) is 12.1 Å². The number of sulfonamides is 2. The molecule has 0 spiro atoms. The predicted molar refractivity (Wildman–Crippen MR) is 341 cm³/mol. The summed E-state index contributed by atoms with van der Waals surface area (Å²) in [5.41, 5.74) is -4.58. The molecule has 0 aromatic rings. The van der Waals surface area contributed by atoms with Crippen LogP contribution in [0.2, 0.25) is 0 Å². The first-order valence-corrected chi connectivity index (χ1v) is 35.3. The lowest BCUT2D eigenvalue weighted by molar-refractivity contribution is -0.145. The Morgan fingerprint density at radius 2 is 0.865 bits per heavy atom. The summed E-state index contributed by atoms with van der Waals surface area (Å²) < 4.78 is 127. The number of amides is 10. The Balaban J connectivity index is 0.000000347. The minimum Gasteiger partial charge on any atom is -0.381 e. The largest absolute Gasteiger partial charge is 0.511 e. The number of hydrogen-bond donors (Lipinski definition) is 9. The van der Waals surface area contributed by atoms with Crippen molar-refractivity contribution in [3.63, 3.8) is 0 Å². The first-order chi connectivity index (χ1) is 43.2. The number of nitrogens with zero attached hydrogens (tertiary/aromatic N) is 4. The molecule has 11 N–H and O–H groups in total. The van der Waals surface area contributed by atoms with E-state index in [0.29, 0.717) is 6.42 Å². The second-order valence-corrected chi connectivity index (χ2v) is 36.8. The van der Waals surface area contributed by atoms with Crippen LogP contribution in [0.4, 0.5) is 35.9 Å². The summed E-state index contributed by atoms with van der Waals surface area (Å²) in [5, 5.41) is 26.4. The van der Waals surface area contributed by atoms with Crippen LogP contribution in [0.5, 0.6) is 0 Å². The van der Waals surface area contributed by atoms with E-state index in [2.05, 4.69) is 31.9 Å². The normalized spacial score (nSPS) is 24.9.